The van der Waals surface area contributed by atoms with Gasteiger partial charge in [-0.05, 0) is 38.5 Å². The zero-order valence-electron chi connectivity index (χ0n) is 11.7. The van der Waals surface area contributed by atoms with Gasteiger partial charge in [-0.3, -0.25) is 14.8 Å². The lowest BCUT2D eigenvalue weighted by atomic mass is 9.81. The summed E-state index contributed by atoms with van der Waals surface area (Å²) in [5.74, 6) is -0.680. The Bertz CT molecular complexity index is 500. The Labute approximate surface area is 123 Å². The second kappa shape index (κ2) is 5.41. The Morgan fingerprint density at radius 1 is 1.55 bits per heavy atom. The van der Waals surface area contributed by atoms with E-state index >= 15 is 0 Å². The predicted octanol–water partition coefficient (Wildman–Crippen LogP) is 2.03. The van der Waals surface area contributed by atoms with Gasteiger partial charge in [0.2, 0.25) is 0 Å². The first-order valence-electron chi connectivity index (χ1n) is 7.24. The summed E-state index contributed by atoms with van der Waals surface area (Å²) < 4.78 is 1.79. The quantitative estimate of drug-likeness (QED) is 0.870. The largest absolute Gasteiger partial charge is 0.480 e. The second-order valence-corrected chi connectivity index (χ2v) is 7.37. The zero-order chi connectivity index (χ0) is 14.2. The molecule has 2 aliphatic carbocycles. The van der Waals surface area contributed by atoms with E-state index in [0.717, 1.165) is 37.0 Å². The highest BCUT2D eigenvalue weighted by molar-refractivity contribution is 8.00. The van der Waals surface area contributed by atoms with Crippen LogP contribution in [0.2, 0.25) is 0 Å². The molecule has 2 unspecified atom stereocenters. The standard InChI is InChI=1S/C14H21N3O2S/c1-17-9-12(8-15-17)20-11-3-2-6-14(7-11,13(18)19)16-10-4-5-10/h8-11,16H,2-7H2,1H3,(H,18,19). The number of carbonyl (C=O) groups is 1. The van der Waals surface area contributed by atoms with Gasteiger partial charge < -0.3 is 5.11 Å². The fourth-order valence-corrected chi connectivity index (χ4v) is 4.34. The molecule has 110 valence electrons. The van der Waals surface area contributed by atoms with Crippen molar-refractivity contribution >= 4 is 17.7 Å². The van der Waals surface area contributed by atoms with Crippen molar-refractivity contribution in [3.05, 3.63) is 12.4 Å². The Morgan fingerprint density at radius 3 is 2.95 bits per heavy atom. The summed E-state index contributed by atoms with van der Waals surface area (Å²) in [6.45, 7) is 0. The fourth-order valence-electron chi connectivity index (χ4n) is 2.98. The van der Waals surface area contributed by atoms with Crippen LogP contribution in [0.15, 0.2) is 17.3 Å². The van der Waals surface area contributed by atoms with Gasteiger partial charge in [-0.25, -0.2) is 0 Å². The average Bonchev–Trinajstić information content (AvgIpc) is 3.11. The van der Waals surface area contributed by atoms with E-state index in [4.69, 9.17) is 0 Å². The molecule has 0 aromatic carbocycles. The number of nitrogens with one attached hydrogen (secondary N) is 1. The highest BCUT2D eigenvalue weighted by Crippen LogP contribution is 2.40. The molecule has 0 bridgehead atoms. The fraction of sp³-hybridized carbons (Fsp3) is 0.714. The number of carboxylic acid groups (broad SMARTS) is 1. The molecule has 2 aliphatic rings. The third-order valence-electron chi connectivity index (χ3n) is 4.16. The monoisotopic (exact) mass is 295 g/mol. The number of carboxylic acids is 1. The van der Waals surface area contributed by atoms with Gasteiger partial charge in [-0.15, -0.1) is 11.8 Å². The summed E-state index contributed by atoms with van der Waals surface area (Å²) in [7, 11) is 1.90. The van der Waals surface area contributed by atoms with Gasteiger partial charge in [0.15, 0.2) is 0 Å². The van der Waals surface area contributed by atoms with Crippen molar-refractivity contribution in [2.24, 2.45) is 7.05 Å². The minimum absolute atomic E-state index is 0.357. The molecule has 1 heterocycles. The van der Waals surface area contributed by atoms with E-state index in [1.165, 1.54) is 0 Å². The van der Waals surface area contributed by atoms with Gasteiger partial charge in [-0.2, -0.15) is 5.10 Å². The highest BCUT2D eigenvalue weighted by atomic mass is 32.2. The van der Waals surface area contributed by atoms with Crippen LogP contribution in [0.5, 0.6) is 0 Å². The molecule has 20 heavy (non-hydrogen) atoms. The summed E-state index contributed by atoms with van der Waals surface area (Å²) in [4.78, 5) is 12.9. The van der Waals surface area contributed by atoms with Crippen molar-refractivity contribution in [2.75, 3.05) is 0 Å². The zero-order valence-corrected chi connectivity index (χ0v) is 12.5. The summed E-state index contributed by atoms with van der Waals surface area (Å²) in [5, 5.41) is 17.6. The van der Waals surface area contributed by atoms with Gasteiger partial charge in [0.05, 0.1) is 6.20 Å². The van der Waals surface area contributed by atoms with Crippen molar-refractivity contribution < 1.29 is 9.90 Å². The number of hydrogen-bond acceptors (Lipinski definition) is 4. The number of nitrogens with zero attached hydrogens (tertiary/aromatic N) is 2. The van der Waals surface area contributed by atoms with E-state index in [-0.39, 0.29) is 0 Å². The van der Waals surface area contributed by atoms with Crippen LogP contribution in [0.3, 0.4) is 0 Å². The van der Waals surface area contributed by atoms with Crippen LogP contribution in [0.4, 0.5) is 0 Å². The molecule has 3 rings (SSSR count). The molecule has 1 aromatic heterocycles. The molecule has 0 spiro atoms. The average molecular weight is 295 g/mol. The molecule has 2 saturated carbocycles. The molecule has 2 N–H and O–H groups in total. The van der Waals surface area contributed by atoms with Crippen LogP contribution in [-0.4, -0.2) is 37.7 Å². The number of aliphatic carboxylic acids is 1. The number of aromatic nitrogens is 2. The third-order valence-corrected chi connectivity index (χ3v) is 5.38. The van der Waals surface area contributed by atoms with Crippen LogP contribution in [-0.2, 0) is 11.8 Å². The molecule has 6 heteroatoms. The topological polar surface area (TPSA) is 67.2 Å². The molecule has 0 aliphatic heterocycles. The molecule has 0 radical (unpaired) electrons. The number of rotatable bonds is 5. The molecule has 2 fully saturated rings. The highest BCUT2D eigenvalue weighted by Gasteiger charge is 2.46. The molecule has 0 saturated heterocycles. The summed E-state index contributed by atoms with van der Waals surface area (Å²) in [6.07, 6.45) is 9.61. The lowest BCUT2D eigenvalue weighted by Gasteiger charge is -2.38. The Morgan fingerprint density at radius 2 is 2.35 bits per heavy atom. The first kappa shape index (κ1) is 13.9. The maximum atomic E-state index is 11.8. The lowest BCUT2D eigenvalue weighted by molar-refractivity contribution is -0.146. The van der Waals surface area contributed by atoms with Gasteiger partial charge >= 0.3 is 5.97 Å². The van der Waals surface area contributed by atoms with Gasteiger partial charge in [-0.1, -0.05) is 0 Å². The van der Waals surface area contributed by atoms with E-state index in [9.17, 15) is 9.90 Å². The van der Waals surface area contributed by atoms with Crippen LogP contribution in [0.1, 0.15) is 38.5 Å². The number of hydrogen-bond donors (Lipinski definition) is 2. The first-order valence-corrected chi connectivity index (χ1v) is 8.12. The van der Waals surface area contributed by atoms with E-state index in [1.54, 1.807) is 16.4 Å². The van der Waals surface area contributed by atoms with Gasteiger partial charge in [0, 0.05) is 29.4 Å². The normalized spacial score (nSPS) is 30.4. The van der Waals surface area contributed by atoms with Crippen LogP contribution in [0, 0.1) is 0 Å². The van der Waals surface area contributed by atoms with Crippen LogP contribution in [0.25, 0.3) is 0 Å². The molecule has 1 aromatic rings. The Hall–Kier alpha value is -1.01. The third kappa shape index (κ3) is 3.01. The van der Waals surface area contributed by atoms with Crippen molar-refractivity contribution in [3.8, 4) is 0 Å². The minimum atomic E-state index is -0.709. The SMILES string of the molecule is Cn1cc(SC2CCCC(NC3CC3)(C(=O)O)C2)cn1. The Balaban J connectivity index is 1.68. The lowest BCUT2D eigenvalue weighted by Crippen LogP contribution is -2.56. The molecule has 0 amide bonds. The molecule has 2 atom stereocenters. The molecule has 5 nitrogen and oxygen atoms in total. The van der Waals surface area contributed by atoms with E-state index in [2.05, 4.69) is 10.4 Å². The summed E-state index contributed by atoms with van der Waals surface area (Å²) in [6, 6.07) is 0.424. The Kier molecular flexibility index (Phi) is 3.77. The summed E-state index contributed by atoms with van der Waals surface area (Å²) >= 11 is 1.77. The predicted molar refractivity (Wildman–Crippen MR) is 77.8 cm³/mol. The molecular weight excluding hydrogens is 274 g/mol. The van der Waals surface area contributed by atoms with Crippen molar-refractivity contribution in [1.29, 1.82) is 0 Å². The maximum absolute atomic E-state index is 11.8. The smallest absolute Gasteiger partial charge is 0.323 e. The molecular formula is C14H21N3O2S. The van der Waals surface area contributed by atoms with Gasteiger partial charge in [0.25, 0.3) is 0 Å². The number of aryl methyl sites for hydroxylation is 1. The van der Waals surface area contributed by atoms with E-state index < -0.39 is 11.5 Å². The van der Waals surface area contributed by atoms with E-state index in [1.807, 2.05) is 19.4 Å². The summed E-state index contributed by atoms with van der Waals surface area (Å²) in [5.41, 5.74) is -0.709. The van der Waals surface area contributed by atoms with Crippen molar-refractivity contribution in [2.45, 2.75) is 60.3 Å². The van der Waals surface area contributed by atoms with Crippen LogP contribution < -0.4 is 5.32 Å². The second-order valence-electron chi connectivity index (χ2n) is 5.99. The first-order chi connectivity index (χ1) is 9.57. The minimum Gasteiger partial charge on any atom is -0.480 e. The maximum Gasteiger partial charge on any atom is 0.323 e. The van der Waals surface area contributed by atoms with E-state index in [0.29, 0.717) is 17.7 Å². The van der Waals surface area contributed by atoms with Gasteiger partial charge in [0.1, 0.15) is 5.54 Å². The van der Waals surface area contributed by atoms with Crippen LogP contribution >= 0.6 is 11.8 Å². The van der Waals surface area contributed by atoms with Crippen molar-refractivity contribution in [3.63, 3.8) is 0 Å². The van der Waals surface area contributed by atoms with Crippen molar-refractivity contribution in [1.82, 2.24) is 15.1 Å². The number of thioether (sulfide) groups is 1.